The molecule has 0 atom stereocenters. The van der Waals surface area contributed by atoms with Crippen LogP contribution in [-0.2, 0) is 0 Å². The fraction of sp³-hybridized carbons (Fsp3) is 0. The van der Waals surface area contributed by atoms with Crippen LogP contribution in [0.2, 0.25) is 25.1 Å². The van der Waals surface area contributed by atoms with Crippen LogP contribution in [0, 0.1) is 0 Å². The van der Waals surface area contributed by atoms with Gasteiger partial charge in [-0.15, -0.1) is 0 Å². The summed E-state index contributed by atoms with van der Waals surface area (Å²) < 4.78 is 10.2. The van der Waals surface area contributed by atoms with E-state index in [2.05, 4.69) is 36.4 Å². The molecular weight excluding hydrogens is 600 g/mol. The van der Waals surface area contributed by atoms with Crippen molar-refractivity contribution in [3.63, 3.8) is 0 Å². The van der Waals surface area contributed by atoms with Gasteiger partial charge in [0.1, 0.15) is 0 Å². The topological polar surface area (TPSA) is 9.23 Å². The van der Waals surface area contributed by atoms with Crippen LogP contribution in [0.4, 0.5) is 0 Å². The molecule has 0 bridgehead atoms. The molecule has 0 unspecified atom stereocenters. The first-order valence-corrected chi connectivity index (χ1v) is 16.7. The van der Waals surface area contributed by atoms with Crippen LogP contribution < -0.4 is 13.8 Å². The minimum absolute atomic E-state index is 0.102. The predicted molar refractivity (Wildman–Crippen MR) is 136 cm³/mol. The molecule has 4 aromatic carbocycles. The second-order valence-corrected chi connectivity index (χ2v) is 18.1. The molecule has 31 heavy (non-hydrogen) atoms. The Bertz CT molecular complexity index is 1080. The number of rotatable bonds is 5. The van der Waals surface area contributed by atoms with Crippen molar-refractivity contribution in [2.24, 2.45) is 0 Å². The Labute approximate surface area is 210 Å². The first-order chi connectivity index (χ1) is 15.0. The number of benzene rings is 4. The summed E-state index contributed by atoms with van der Waals surface area (Å²) in [5.41, 5.74) is 0. The molecule has 0 spiro atoms. The Hall–Kier alpha value is -1.07. The van der Waals surface area contributed by atoms with Crippen molar-refractivity contribution in [1.29, 1.82) is 0 Å². The van der Waals surface area contributed by atoms with E-state index in [4.69, 9.17) is 61.1 Å². The van der Waals surface area contributed by atoms with Crippen LogP contribution in [0.5, 0.6) is 5.75 Å². The molecule has 0 N–H and O–H groups in total. The SMILES string of the molecule is Clc1c(Cl)c(Cl)c([O][Sn]([c]2ccccc2)([c]2ccccc2)[c]2ccccc2)c(Cl)c1Cl. The van der Waals surface area contributed by atoms with Gasteiger partial charge in [-0.1, -0.05) is 0 Å². The molecule has 0 aromatic heterocycles. The fourth-order valence-corrected chi connectivity index (χ4v) is 16.1. The molecule has 0 aliphatic rings. The summed E-state index contributed by atoms with van der Waals surface area (Å²) in [5.74, 6) is 0.245. The van der Waals surface area contributed by atoms with Gasteiger partial charge in [0.15, 0.2) is 0 Å². The first-order valence-electron chi connectivity index (χ1n) is 9.34. The van der Waals surface area contributed by atoms with E-state index in [-0.39, 0.29) is 30.9 Å². The van der Waals surface area contributed by atoms with Crippen molar-refractivity contribution in [2.45, 2.75) is 0 Å². The van der Waals surface area contributed by atoms with Gasteiger partial charge in [0, 0.05) is 0 Å². The summed E-state index contributed by atoms with van der Waals surface area (Å²) in [6.45, 7) is 0. The van der Waals surface area contributed by atoms with Crippen LogP contribution in [0.3, 0.4) is 0 Å². The summed E-state index contributed by atoms with van der Waals surface area (Å²) in [4.78, 5) is 0. The van der Waals surface area contributed by atoms with Crippen molar-refractivity contribution in [1.82, 2.24) is 0 Å². The van der Waals surface area contributed by atoms with Crippen molar-refractivity contribution in [3.8, 4) is 5.75 Å². The standard InChI is InChI=1S/C6HCl5O.3C6H5.Sn/c7-1-2(8)4(10)6(12)5(11)3(1)9;3*1-2-4-6-5-3-1;/h12H;3*1-5H;/q;;;;+1/p-1. The van der Waals surface area contributed by atoms with E-state index in [0.717, 1.165) is 10.7 Å². The molecule has 0 saturated heterocycles. The third kappa shape index (κ3) is 4.29. The van der Waals surface area contributed by atoms with Crippen LogP contribution in [0.25, 0.3) is 0 Å². The minimum atomic E-state index is -4.16. The van der Waals surface area contributed by atoms with Gasteiger partial charge in [0.25, 0.3) is 0 Å². The van der Waals surface area contributed by atoms with E-state index in [1.54, 1.807) is 0 Å². The summed E-state index contributed by atoms with van der Waals surface area (Å²) in [5, 5.41) is 0.615. The Kier molecular flexibility index (Phi) is 7.32. The molecule has 7 heteroatoms. The third-order valence-corrected chi connectivity index (χ3v) is 18.5. The van der Waals surface area contributed by atoms with Crippen molar-refractivity contribution >= 4 is 87.5 Å². The molecule has 0 aliphatic carbocycles. The second kappa shape index (κ2) is 9.82. The number of halogens is 5. The monoisotopic (exact) mass is 614 g/mol. The van der Waals surface area contributed by atoms with E-state index < -0.39 is 18.8 Å². The van der Waals surface area contributed by atoms with Crippen LogP contribution in [0.1, 0.15) is 0 Å². The Morgan fingerprint density at radius 2 is 0.710 bits per heavy atom. The quantitative estimate of drug-likeness (QED) is 0.134. The van der Waals surface area contributed by atoms with Gasteiger partial charge in [-0.25, -0.2) is 0 Å². The molecular formula is C24H15Cl5OSn. The van der Waals surface area contributed by atoms with Gasteiger partial charge in [-0.2, -0.15) is 0 Å². The zero-order valence-electron chi connectivity index (χ0n) is 16.0. The van der Waals surface area contributed by atoms with Crippen molar-refractivity contribution in [2.75, 3.05) is 0 Å². The number of hydrogen-bond acceptors (Lipinski definition) is 1. The molecule has 4 rings (SSSR count). The average Bonchev–Trinajstić information content (AvgIpc) is 2.83. The summed E-state index contributed by atoms with van der Waals surface area (Å²) >= 11 is 28.0. The third-order valence-electron chi connectivity index (χ3n) is 4.97. The molecule has 0 radical (unpaired) electrons. The maximum absolute atomic E-state index is 6.96. The average molecular weight is 615 g/mol. The van der Waals surface area contributed by atoms with Crippen LogP contribution in [-0.4, -0.2) is 18.8 Å². The zero-order valence-corrected chi connectivity index (χ0v) is 22.6. The Balaban J connectivity index is 2.08. The maximum atomic E-state index is 6.96. The van der Waals surface area contributed by atoms with E-state index in [9.17, 15) is 0 Å². The normalized spacial score (nSPS) is 11.4. The summed E-state index contributed by atoms with van der Waals surface area (Å²) in [7, 11) is 0. The molecule has 0 saturated carbocycles. The Morgan fingerprint density at radius 3 is 1.03 bits per heavy atom. The molecule has 0 fully saturated rings. The van der Waals surface area contributed by atoms with Gasteiger partial charge >= 0.3 is 212 Å². The summed E-state index contributed by atoms with van der Waals surface area (Å²) in [6, 6.07) is 30.4. The number of hydrogen-bond donors (Lipinski definition) is 0. The molecule has 0 aliphatic heterocycles. The van der Waals surface area contributed by atoms with Gasteiger partial charge in [-0.05, 0) is 0 Å². The predicted octanol–water partition coefficient (Wildman–Crippen LogP) is 7.00. The van der Waals surface area contributed by atoms with Gasteiger partial charge in [0.2, 0.25) is 0 Å². The molecule has 0 amide bonds. The van der Waals surface area contributed by atoms with Gasteiger partial charge in [0.05, 0.1) is 0 Å². The fourth-order valence-electron chi connectivity index (χ4n) is 3.52. The van der Waals surface area contributed by atoms with E-state index in [1.807, 2.05) is 54.6 Å². The van der Waals surface area contributed by atoms with Gasteiger partial charge < -0.3 is 0 Å². The van der Waals surface area contributed by atoms with E-state index in [0.29, 0.717) is 0 Å². The van der Waals surface area contributed by atoms with Crippen LogP contribution in [0.15, 0.2) is 91.0 Å². The summed E-state index contributed by atoms with van der Waals surface area (Å²) in [6.07, 6.45) is 0. The van der Waals surface area contributed by atoms with Crippen molar-refractivity contribution in [3.05, 3.63) is 116 Å². The molecule has 156 valence electrons. The van der Waals surface area contributed by atoms with Gasteiger partial charge in [-0.3, -0.25) is 0 Å². The van der Waals surface area contributed by atoms with E-state index >= 15 is 0 Å². The van der Waals surface area contributed by atoms with Crippen LogP contribution >= 0.6 is 58.0 Å². The molecule has 0 heterocycles. The zero-order chi connectivity index (χ0) is 22.0. The Morgan fingerprint density at radius 1 is 0.419 bits per heavy atom. The van der Waals surface area contributed by atoms with E-state index in [1.165, 1.54) is 0 Å². The molecule has 1 nitrogen and oxygen atoms in total. The first kappa shape index (κ1) is 23.1. The molecule has 4 aromatic rings. The van der Waals surface area contributed by atoms with Crippen molar-refractivity contribution < 1.29 is 3.07 Å². The second-order valence-electron chi connectivity index (χ2n) is 6.78.